The van der Waals surface area contributed by atoms with Gasteiger partial charge in [-0.05, 0) is 219 Å². The van der Waals surface area contributed by atoms with Gasteiger partial charge in [0.25, 0.3) is 0 Å². The van der Waals surface area contributed by atoms with Crippen molar-refractivity contribution in [2.24, 2.45) is 75.9 Å². The number of hydrogen-bond donors (Lipinski definition) is 3. The Morgan fingerprint density at radius 3 is 1.69 bits per heavy atom. The fraction of sp³-hybridized carbons (Fsp3) is 0.952. The van der Waals surface area contributed by atoms with Crippen molar-refractivity contribution in [1.29, 1.82) is 0 Å². The predicted octanol–water partition coefficient (Wildman–Crippen LogP) is 9.72. The van der Waals surface area contributed by atoms with Crippen LogP contribution in [0.15, 0.2) is 11.6 Å². The lowest BCUT2D eigenvalue weighted by atomic mass is 9.49. The molecule has 8 saturated carbocycles. The number of hydrogen-bond acceptors (Lipinski definition) is 3. The predicted molar refractivity (Wildman–Crippen MR) is 184 cm³/mol. The molecule has 0 aliphatic heterocycles. The van der Waals surface area contributed by atoms with Crippen LogP contribution in [0.1, 0.15) is 157 Å². The smallest absolute Gasteiger partial charge is 0.0622 e. The summed E-state index contributed by atoms with van der Waals surface area (Å²) in [5.74, 6) is 9.52. The molecular formula is C42H70O3. The molecule has 1 unspecified atom stereocenters. The zero-order valence-corrected chi connectivity index (χ0v) is 30.1. The van der Waals surface area contributed by atoms with E-state index in [4.69, 9.17) is 0 Å². The summed E-state index contributed by atoms with van der Waals surface area (Å²) in [6.45, 7) is 13.5. The topological polar surface area (TPSA) is 60.7 Å². The highest BCUT2D eigenvalue weighted by atomic mass is 16.3. The van der Waals surface area contributed by atoms with Crippen LogP contribution in [0.25, 0.3) is 0 Å². The van der Waals surface area contributed by atoms with Gasteiger partial charge >= 0.3 is 0 Å². The molecule has 3 N–H and O–H groups in total. The van der Waals surface area contributed by atoms with Crippen molar-refractivity contribution in [2.45, 2.75) is 174 Å². The Bertz CT molecular complexity index is 1110. The van der Waals surface area contributed by atoms with Crippen molar-refractivity contribution in [3.8, 4) is 0 Å². The lowest BCUT2D eigenvalue weighted by molar-refractivity contribution is -0.106. The minimum absolute atomic E-state index is 0.136. The Hall–Kier alpha value is -0.380. The summed E-state index contributed by atoms with van der Waals surface area (Å²) in [6.07, 6.45) is 25.6. The average Bonchev–Trinajstić information content (AvgIpc) is 3.52. The van der Waals surface area contributed by atoms with Crippen molar-refractivity contribution < 1.29 is 15.3 Å². The maximum absolute atomic E-state index is 10.5. The molecule has 0 saturated heterocycles. The van der Waals surface area contributed by atoms with E-state index >= 15 is 0 Å². The van der Waals surface area contributed by atoms with Gasteiger partial charge in [-0.3, -0.25) is 0 Å². The monoisotopic (exact) mass is 623 g/mol. The summed E-state index contributed by atoms with van der Waals surface area (Å²) in [7, 11) is 0. The molecule has 0 spiro atoms. The number of fused-ring (bicyclic) bond motifs is 10. The fourth-order valence-corrected chi connectivity index (χ4v) is 15.3. The third-order valence-electron chi connectivity index (χ3n) is 17.3. The third-order valence-corrected chi connectivity index (χ3v) is 17.3. The normalized spacial score (nSPS) is 56.8. The fourth-order valence-electron chi connectivity index (χ4n) is 15.3. The van der Waals surface area contributed by atoms with E-state index in [0.717, 1.165) is 84.9 Å². The Morgan fingerprint density at radius 1 is 0.600 bits per heavy atom. The van der Waals surface area contributed by atoms with Gasteiger partial charge in [-0.1, -0.05) is 25.5 Å². The zero-order valence-electron chi connectivity index (χ0n) is 30.1. The van der Waals surface area contributed by atoms with Crippen molar-refractivity contribution in [1.82, 2.24) is 0 Å². The molecule has 8 aliphatic rings. The van der Waals surface area contributed by atoms with Crippen LogP contribution in [0.2, 0.25) is 0 Å². The molecule has 45 heavy (non-hydrogen) atoms. The summed E-state index contributed by atoms with van der Waals surface area (Å²) in [6, 6.07) is 0. The Balaban J connectivity index is 0.000000145. The summed E-state index contributed by atoms with van der Waals surface area (Å²) in [5.41, 5.74) is 1.92. The minimum Gasteiger partial charge on any atom is -0.393 e. The van der Waals surface area contributed by atoms with Crippen LogP contribution in [0.4, 0.5) is 0 Å². The maximum Gasteiger partial charge on any atom is 0.0622 e. The van der Waals surface area contributed by atoms with E-state index in [2.05, 4.69) is 40.7 Å². The van der Waals surface area contributed by atoms with Gasteiger partial charge in [0.05, 0.1) is 17.3 Å². The van der Waals surface area contributed by atoms with Crippen molar-refractivity contribution in [2.75, 3.05) is 0 Å². The van der Waals surface area contributed by atoms with Gasteiger partial charge in [-0.25, -0.2) is 0 Å². The second-order valence-electron chi connectivity index (χ2n) is 19.6. The van der Waals surface area contributed by atoms with E-state index in [1.807, 2.05) is 6.92 Å². The third kappa shape index (κ3) is 5.65. The molecule has 0 radical (unpaired) electrons. The van der Waals surface area contributed by atoms with Gasteiger partial charge in [-0.15, -0.1) is 0 Å². The summed E-state index contributed by atoms with van der Waals surface area (Å²) in [4.78, 5) is 0. The van der Waals surface area contributed by atoms with Crippen molar-refractivity contribution >= 4 is 0 Å². The molecule has 3 nitrogen and oxygen atoms in total. The Morgan fingerprint density at radius 2 is 1.13 bits per heavy atom. The first-order valence-corrected chi connectivity index (χ1v) is 20.0. The molecule has 0 bridgehead atoms. The van der Waals surface area contributed by atoms with Crippen LogP contribution in [0.3, 0.4) is 0 Å². The molecule has 3 heteroatoms. The van der Waals surface area contributed by atoms with E-state index in [9.17, 15) is 15.3 Å². The summed E-state index contributed by atoms with van der Waals surface area (Å²) in [5, 5.41) is 31.2. The highest BCUT2D eigenvalue weighted by molar-refractivity contribution is 5.23. The molecular weight excluding hydrogens is 552 g/mol. The second-order valence-corrected chi connectivity index (χ2v) is 19.6. The van der Waals surface area contributed by atoms with Crippen LogP contribution in [0.5, 0.6) is 0 Å². The van der Waals surface area contributed by atoms with E-state index in [1.54, 1.807) is 5.57 Å². The van der Waals surface area contributed by atoms with Crippen molar-refractivity contribution in [3.63, 3.8) is 0 Å². The van der Waals surface area contributed by atoms with Crippen LogP contribution in [-0.4, -0.2) is 32.6 Å². The number of aliphatic hydroxyl groups excluding tert-OH is 1. The van der Waals surface area contributed by atoms with Gasteiger partial charge in [0.2, 0.25) is 0 Å². The number of aliphatic hydroxyl groups is 3. The highest BCUT2D eigenvalue weighted by Crippen LogP contribution is 2.66. The molecule has 8 rings (SSSR count). The largest absolute Gasteiger partial charge is 0.393 e. The van der Waals surface area contributed by atoms with E-state index in [-0.39, 0.29) is 11.7 Å². The number of rotatable bonds is 1. The van der Waals surface area contributed by atoms with E-state index < -0.39 is 5.60 Å². The standard InChI is InChI=1S/C21H36O2.C21H34O/c1-13(22)18-6-7-19-17-5-4-14-12-20(2,23)10-8-15(14)16(17)9-11-21(18,19)3;1-4-15-6-8-19-18-7-5-14-13-20(2,22)11-9-16(14)17(18)10-12-21(15,19)3/h13-19,22-23H,4-12H2,1-3H3;4,14,16-19,22H,5-13H2,1-3H3/t13?,14-,15+,16-,17-,18-,19+,20-,21-;14-,16+,17-,18-,19+,20-,21-/m11/s1. The summed E-state index contributed by atoms with van der Waals surface area (Å²) >= 11 is 0. The highest BCUT2D eigenvalue weighted by Gasteiger charge is 2.59. The zero-order chi connectivity index (χ0) is 31.9. The molecule has 256 valence electrons. The first kappa shape index (κ1) is 33.1. The first-order chi connectivity index (χ1) is 21.3. The molecule has 0 aromatic rings. The van der Waals surface area contributed by atoms with Crippen LogP contribution in [0, 0.1) is 75.9 Å². The molecule has 8 fully saturated rings. The van der Waals surface area contributed by atoms with Crippen LogP contribution in [-0.2, 0) is 0 Å². The van der Waals surface area contributed by atoms with Gasteiger partial charge < -0.3 is 15.3 Å². The van der Waals surface area contributed by atoms with Gasteiger partial charge in [0.15, 0.2) is 0 Å². The lowest BCUT2D eigenvalue weighted by Gasteiger charge is -2.57. The molecule has 0 heterocycles. The Kier molecular flexibility index (Phi) is 8.76. The Labute approximate surface area is 276 Å². The molecule has 16 atom stereocenters. The van der Waals surface area contributed by atoms with Gasteiger partial charge in [0, 0.05) is 0 Å². The van der Waals surface area contributed by atoms with E-state index in [1.165, 1.54) is 89.9 Å². The second kappa shape index (κ2) is 11.9. The quantitative estimate of drug-likeness (QED) is 0.255. The van der Waals surface area contributed by atoms with Gasteiger partial charge in [-0.2, -0.15) is 0 Å². The van der Waals surface area contributed by atoms with E-state index in [0.29, 0.717) is 16.7 Å². The molecule has 0 aromatic heterocycles. The van der Waals surface area contributed by atoms with Crippen LogP contribution >= 0.6 is 0 Å². The first-order valence-electron chi connectivity index (χ1n) is 20.0. The van der Waals surface area contributed by atoms with Crippen molar-refractivity contribution in [3.05, 3.63) is 11.6 Å². The van der Waals surface area contributed by atoms with Crippen LogP contribution < -0.4 is 0 Å². The lowest BCUT2D eigenvalue weighted by Crippen LogP contribution is -2.51. The SMILES string of the molecule is CC(O)[C@H]1CC[C@H]2[C@@H]3CC[C@@H]4C[C@](C)(O)CC[C@@H]4[C@H]3CC[C@]12C.CC=C1CC[C@H]2[C@@H]3CC[C@@H]4C[C@](C)(O)CC[C@@H]4[C@H]3CC[C@]12C. The summed E-state index contributed by atoms with van der Waals surface area (Å²) < 4.78 is 0. The minimum atomic E-state index is -0.401. The molecule has 0 aromatic carbocycles. The average molecular weight is 623 g/mol. The molecule has 0 amide bonds. The molecule has 8 aliphatic carbocycles. The number of allylic oxidation sites excluding steroid dienone is 2. The maximum atomic E-state index is 10.5. The van der Waals surface area contributed by atoms with Gasteiger partial charge in [0.1, 0.15) is 0 Å².